The maximum absolute atomic E-state index is 13.2. The molecule has 12 heteroatoms. The number of hydroxylamine groups is 1. The van der Waals surface area contributed by atoms with Gasteiger partial charge in [0.2, 0.25) is 10.0 Å². The van der Waals surface area contributed by atoms with E-state index >= 15 is 0 Å². The predicted octanol–water partition coefficient (Wildman–Crippen LogP) is 3.98. The molecule has 0 bridgehead atoms. The number of benzene rings is 3. The van der Waals surface area contributed by atoms with E-state index in [1.165, 1.54) is 42.5 Å². The van der Waals surface area contributed by atoms with Crippen molar-refractivity contribution in [2.75, 3.05) is 13.2 Å². The molecular formula is C27H28ClFN2O7S. The number of amides is 1. The third kappa shape index (κ3) is 7.53. The second-order valence-corrected chi connectivity index (χ2v) is 11.2. The van der Waals surface area contributed by atoms with Crippen LogP contribution in [0.1, 0.15) is 24.0 Å². The molecule has 1 aliphatic rings. The molecule has 3 aromatic rings. The van der Waals surface area contributed by atoms with Crippen LogP contribution < -0.4 is 14.9 Å². The van der Waals surface area contributed by atoms with Gasteiger partial charge >= 0.3 is 0 Å². The monoisotopic (exact) mass is 578 g/mol. The van der Waals surface area contributed by atoms with Gasteiger partial charge in [-0.2, -0.15) is 4.72 Å². The zero-order valence-corrected chi connectivity index (χ0v) is 22.4. The first-order valence-corrected chi connectivity index (χ1v) is 14.0. The number of hydrogen-bond acceptors (Lipinski definition) is 7. The largest absolute Gasteiger partial charge is 0.489 e. The van der Waals surface area contributed by atoms with Crippen molar-refractivity contribution in [3.63, 3.8) is 0 Å². The van der Waals surface area contributed by atoms with Crippen molar-refractivity contribution in [3.8, 4) is 5.75 Å². The maximum atomic E-state index is 13.2. The van der Waals surface area contributed by atoms with Crippen molar-refractivity contribution < 1.29 is 37.0 Å². The van der Waals surface area contributed by atoms with Crippen molar-refractivity contribution in [1.82, 2.24) is 10.2 Å². The Labute approximate surface area is 230 Å². The van der Waals surface area contributed by atoms with Crippen LogP contribution in [0.25, 0.3) is 0 Å². The van der Waals surface area contributed by atoms with Crippen molar-refractivity contribution in [3.05, 3.63) is 94.8 Å². The summed E-state index contributed by atoms with van der Waals surface area (Å²) in [5.74, 6) is -1.03. The molecule has 9 nitrogen and oxygen atoms in total. The van der Waals surface area contributed by atoms with Crippen molar-refractivity contribution in [2.45, 2.75) is 42.6 Å². The highest BCUT2D eigenvalue weighted by molar-refractivity contribution is 7.89. The molecule has 1 fully saturated rings. The quantitative estimate of drug-likeness (QED) is 0.169. The molecular weight excluding hydrogens is 551 g/mol. The highest BCUT2D eigenvalue weighted by Crippen LogP contribution is 2.29. The SMILES string of the molecule is O=C(NO)C1(NS(=O)(=O)c2ccc(OCc3ccc(F)cc3Cl)cc2)COC(CCOCc2ccccc2)C1. The Morgan fingerprint density at radius 2 is 1.85 bits per heavy atom. The lowest BCUT2D eigenvalue weighted by atomic mass is 9.95. The lowest BCUT2D eigenvalue weighted by Gasteiger charge is -2.26. The van der Waals surface area contributed by atoms with Gasteiger partial charge in [0.25, 0.3) is 5.91 Å². The Morgan fingerprint density at radius 1 is 1.10 bits per heavy atom. The minimum absolute atomic E-state index is 0.00689. The number of ether oxygens (including phenoxy) is 3. The summed E-state index contributed by atoms with van der Waals surface area (Å²) in [6, 6.07) is 19.1. The van der Waals surface area contributed by atoms with Gasteiger partial charge in [-0.3, -0.25) is 10.0 Å². The van der Waals surface area contributed by atoms with E-state index in [2.05, 4.69) is 4.72 Å². The number of halogens is 2. The summed E-state index contributed by atoms with van der Waals surface area (Å²) in [6.07, 6.45) is -0.0265. The van der Waals surface area contributed by atoms with Crippen LogP contribution in [0.2, 0.25) is 5.02 Å². The first kappa shape index (κ1) is 28.9. The Balaban J connectivity index is 1.35. The normalized spacial score (nSPS) is 19.1. The average molecular weight is 579 g/mol. The van der Waals surface area contributed by atoms with Crippen LogP contribution in [-0.4, -0.2) is 44.4 Å². The van der Waals surface area contributed by atoms with Crippen molar-refractivity contribution >= 4 is 27.5 Å². The third-order valence-corrected chi connectivity index (χ3v) is 8.15. The molecule has 0 aliphatic carbocycles. The first-order valence-electron chi connectivity index (χ1n) is 12.1. The highest BCUT2D eigenvalue weighted by Gasteiger charge is 2.49. The molecule has 1 saturated heterocycles. The fourth-order valence-corrected chi connectivity index (χ4v) is 5.73. The van der Waals surface area contributed by atoms with Gasteiger partial charge in [0.1, 0.15) is 23.7 Å². The predicted molar refractivity (Wildman–Crippen MR) is 140 cm³/mol. The smallest absolute Gasteiger partial charge is 0.267 e. The van der Waals surface area contributed by atoms with Crippen molar-refractivity contribution in [1.29, 1.82) is 0 Å². The summed E-state index contributed by atoms with van der Waals surface area (Å²) < 4.78 is 59.0. The van der Waals surface area contributed by atoms with Crippen LogP contribution in [0.5, 0.6) is 5.75 Å². The molecule has 0 saturated carbocycles. The maximum Gasteiger partial charge on any atom is 0.267 e. The molecule has 2 atom stereocenters. The van der Waals surface area contributed by atoms with Crippen LogP contribution in [0, 0.1) is 5.82 Å². The van der Waals surface area contributed by atoms with Crippen LogP contribution in [-0.2, 0) is 37.5 Å². The zero-order chi connectivity index (χ0) is 27.9. The van der Waals surface area contributed by atoms with Gasteiger partial charge in [0.15, 0.2) is 0 Å². The summed E-state index contributed by atoms with van der Waals surface area (Å²) >= 11 is 6.01. The van der Waals surface area contributed by atoms with Gasteiger partial charge in [0.05, 0.1) is 29.2 Å². The van der Waals surface area contributed by atoms with Gasteiger partial charge < -0.3 is 14.2 Å². The van der Waals surface area contributed by atoms with E-state index < -0.39 is 33.4 Å². The number of carbonyl (C=O) groups is 1. The van der Waals surface area contributed by atoms with E-state index in [4.69, 9.17) is 25.8 Å². The fourth-order valence-electron chi connectivity index (χ4n) is 4.14. The van der Waals surface area contributed by atoms with E-state index in [0.717, 1.165) is 5.56 Å². The molecule has 3 aromatic carbocycles. The van der Waals surface area contributed by atoms with E-state index in [1.807, 2.05) is 30.3 Å². The molecule has 0 radical (unpaired) electrons. The number of hydrogen-bond donors (Lipinski definition) is 3. The summed E-state index contributed by atoms with van der Waals surface area (Å²) in [5.41, 5.74) is 1.43. The third-order valence-electron chi connectivity index (χ3n) is 6.25. The summed E-state index contributed by atoms with van der Waals surface area (Å²) in [7, 11) is -4.19. The Hall–Kier alpha value is -3.06. The Bertz CT molecular complexity index is 1380. The number of sulfonamides is 1. The second-order valence-electron chi connectivity index (χ2n) is 9.09. The standard InChI is InChI=1S/C27H28ClFN2O7S/c28-25-14-21(29)7-6-20(25)17-37-22-8-10-24(11-9-22)39(34,35)31-27(26(32)30-33)15-23(38-18-27)12-13-36-16-19-4-2-1-3-5-19/h1-11,14,23,31,33H,12-13,15-18H2,(H,30,32). The molecule has 208 valence electrons. The summed E-state index contributed by atoms with van der Waals surface area (Å²) in [4.78, 5) is 12.5. The molecule has 1 amide bonds. The van der Waals surface area contributed by atoms with Gasteiger partial charge in [-0.05, 0) is 48.4 Å². The number of rotatable bonds is 12. The van der Waals surface area contributed by atoms with E-state index in [9.17, 15) is 22.8 Å². The molecule has 0 spiro atoms. The summed E-state index contributed by atoms with van der Waals surface area (Å²) in [6.45, 7) is 0.547. The van der Waals surface area contributed by atoms with Crippen LogP contribution in [0.15, 0.2) is 77.7 Å². The topological polar surface area (TPSA) is 123 Å². The molecule has 39 heavy (non-hydrogen) atoms. The summed E-state index contributed by atoms with van der Waals surface area (Å²) in [5, 5.41) is 9.53. The Morgan fingerprint density at radius 3 is 2.54 bits per heavy atom. The molecule has 3 N–H and O–H groups in total. The van der Waals surface area contributed by atoms with Crippen LogP contribution in [0.4, 0.5) is 4.39 Å². The molecule has 1 heterocycles. The van der Waals surface area contributed by atoms with E-state index in [-0.39, 0.29) is 29.6 Å². The number of nitrogens with one attached hydrogen (secondary N) is 2. The molecule has 0 aromatic heterocycles. The van der Waals surface area contributed by atoms with Crippen LogP contribution >= 0.6 is 11.6 Å². The molecule has 2 unspecified atom stereocenters. The van der Waals surface area contributed by atoms with Crippen LogP contribution in [0.3, 0.4) is 0 Å². The molecule has 1 aliphatic heterocycles. The lowest BCUT2D eigenvalue weighted by molar-refractivity contribution is -0.135. The fraction of sp³-hybridized carbons (Fsp3) is 0.296. The number of carbonyl (C=O) groups excluding carboxylic acids is 1. The minimum atomic E-state index is -4.19. The van der Waals surface area contributed by atoms with E-state index in [1.54, 1.807) is 5.48 Å². The minimum Gasteiger partial charge on any atom is -0.489 e. The van der Waals surface area contributed by atoms with Gasteiger partial charge in [-0.15, -0.1) is 0 Å². The Kier molecular flexibility index (Phi) is 9.54. The first-order chi connectivity index (χ1) is 18.7. The average Bonchev–Trinajstić information content (AvgIpc) is 3.34. The lowest BCUT2D eigenvalue weighted by Crippen LogP contribution is -2.59. The highest BCUT2D eigenvalue weighted by atomic mass is 35.5. The molecule has 4 rings (SSSR count). The van der Waals surface area contributed by atoms with Gasteiger partial charge in [0, 0.05) is 18.6 Å². The van der Waals surface area contributed by atoms with Gasteiger partial charge in [-0.25, -0.2) is 18.3 Å². The van der Waals surface area contributed by atoms with Crippen molar-refractivity contribution in [2.24, 2.45) is 0 Å². The van der Waals surface area contributed by atoms with Gasteiger partial charge in [-0.1, -0.05) is 48.0 Å². The van der Waals surface area contributed by atoms with E-state index in [0.29, 0.717) is 30.9 Å². The second kappa shape index (κ2) is 12.9. The zero-order valence-electron chi connectivity index (χ0n) is 20.8.